The van der Waals surface area contributed by atoms with Crippen molar-refractivity contribution in [2.45, 2.75) is 66.0 Å². The predicted octanol–water partition coefficient (Wildman–Crippen LogP) is 4.59. The maximum absolute atomic E-state index is 5.82. The lowest BCUT2D eigenvalue weighted by Crippen LogP contribution is -2.41. The Labute approximate surface area is 144 Å². The van der Waals surface area contributed by atoms with Gasteiger partial charge in [-0.1, -0.05) is 59.0 Å². The minimum atomic E-state index is -1.54. The molecule has 1 aromatic rings. The molecule has 3 heteroatoms. The van der Waals surface area contributed by atoms with Gasteiger partial charge in [-0.2, -0.15) is 0 Å². The molecule has 2 rings (SSSR count). The van der Waals surface area contributed by atoms with Gasteiger partial charge in [-0.3, -0.25) is 0 Å². The summed E-state index contributed by atoms with van der Waals surface area (Å²) in [5.41, 5.74) is 8.21. The van der Waals surface area contributed by atoms with Crippen LogP contribution in [0.4, 0.5) is 0 Å². The zero-order valence-corrected chi connectivity index (χ0v) is 18.4. The van der Waals surface area contributed by atoms with Crippen molar-refractivity contribution in [3.05, 3.63) is 22.8 Å². The van der Waals surface area contributed by atoms with E-state index in [1.54, 1.807) is 7.11 Å². The van der Waals surface area contributed by atoms with Gasteiger partial charge in [0, 0.05) is 5.56 Å². The number of ether oxygens (including phenoxy) is 1. The average molecular weight is 345 g/mol. The minimum absolute atomic E-state index is 0.334. The third-order valence-corrected chi connectivity index (χ3v) is 7.22. The minimum Gasteiger partial charge on any atom is -0.497 e. The van der Waals surface area contributed by atoms with Crippen LogP contribution in [0.25, 0.3) is 0 Å². The Morgan fingerprint density at radius 3 is 2.13 bits per heavy atom. The second-order valence-corrected chi connectivity index (χ2v) is 19.5. The van der Waals surface area contributed by atoms with Gasteiger partial charge in [0.15, 0.2) is 0 Å². The van der Waals surface area contributed by atoms with E-state index in [-0.39, 0.29) is 0 Å². The molecule has 126 valence electrons. The van der Waals surface area contributed by atoms with Crippen molar-refractivity contribution in [3.8, 4) is 17.2 Å². The molecule has 0 atom stereocenters. The molecule has 1 nitrogen and oxygen atoms in total. The Bertz CT molecular complexity index is 677. The molecule has 0 amide bonds. The molecule has 0 unspecified atom stereocenters. The van der Waals surface area contributed by atoms with E-state index in [1.165, 1.54) is 21.9 Å². The third-order valence-electron chi connectivity index (χ3n) is 4.35. The maximum atomic E-state index is 5.82. The standard InChI is InChI=1S/C20H32OSi2/c1-20(2)13-15-12-18(21-3)19(23(7,8)9)16(17(15)14-20)10-11-22(4,5)6/h12H,13-14H2,1-9H3. The summed E-state index contributed by atoms with van der Waals surface area (Å²) in [5, 5.41) is 1.42. The summed E-state index contributed by atoms with van der Waals surface area (Å²) < 4.78 is 5.82. The van der Waals surface area contributed by atoms with Gasteiger partial charge in [-0.05, 0) is 40.6 Å². The number of benzene rings is 1. The Balaban J connectivity index is 2.79. The van der Waals surface area contributed by atoms with Gasteiger partial charge in [0.2, 0.25) is 0 Å². The van der Waals surface area contributed by atoms with Crippen LogP contribution >= 0.6 is 0 Å². The molecule has 1 aliphatic carbocycles. The van der Waals surface area contributed by atoms with Crippen LogP contribution < -0.4 is 9.92 Å². The second-order valence-electron chi connectivity index (χ2n) is 9.73. The van der Waals surface area contributed by atoms with Crippen LogP contribution in [-0.4, -0.2) is 23.3 Å². The topological polar surface area (TPSA) is 9.23 Å². The van der Waals surface area contributed by atoms with Crippen LogP contribution in [0.2, 0.25) is 39.3 Å². The van der Waals surface area contributed by atoms with E-state index < -0.39 is 16.1 Å². The molecule has 0 saturated heterocycles. The SMILES string of the molecule is COc1cc2c(c(C#C[Si](C)(C)C)c1[Si](C)(C)C)CC(C)(C)C2. The number of rotatable bonds is 2. The molecule has 0 aliphatic heterocycles. The number of hydrogen-bond donors (Lipinski definition) is 0. The summed E-state index contributed by atoms with van der Waals surface area (Å²) in [6.07, 6.45) is 2.27. The molecule has 0 heterocycles. The molecule has 0 radical (unpaired) electrons. The quantitative estimate of drug-likeness (QED) is 0.563. The fourth-order valence-electron chi connectivity index (χ4n) is 3.46. The number of methoxy groups -OCH3 is 1. The van der Waals surface area contributed by atoms with E-state index in [1.807, 2.05) is 0 Å². The first-order chi connectivity index (χ1) is 10.3. The van der Waals surface area contributed by atoms with Crippen LogP contribution in [0.5, 0.6) is 5.75 Å². The van der Waals surface area contributed by atoms with E-state index in [2.05, 4.69) is 70.7 Å². The molecule has 0 N–H and O–H groups in total. The lowest BCUT2D eigenvalue weighted by atomic mass is 9.90. The molecule has 23 heavy (non-hydrogen) atoms. The van der Waals surface area contributed by atoms with Crippen molar-refractivity contribution in [1.29, 1.82) is 0 Å². The Kier molecular flexibility index (Phi) is 4.65. The molecule has 1 aromatic carbocycles. The average Bonchev–Trinajstić information content (AvgIpc) is 2.66. The van der Waals surface area contributed by atoms with Crippen molar-refractivity contribution in [2.24, 2.45) is 5.41 Å². The highest BCUT2D eigenvalue weighted by Crippen LogP contribution is 2.39. The molecule has 0 bridgehead atoms. The van der Waals surface area contributed by atoms with E-state index in [9.17, 15) is 0 Å². The Hall–Kier alpha value is -0.986. The summed E-state index contributed by atoms with van der Waals surface area (Å²) in [4.78, 5) is 0. The third kappa shape index (κ3) is 4.11. The van der Waals surface area contributed by atoms with Crippen LogP contribution in [0.3, 0.4) is 0 Å². The molecular weight excluding hydrogens is 312 g/mol. The largest absolute Gasteiger partial charge is 0.497 e. The highest BCUT2D eigenvalue weighted by molar-refractivity contribution is 6.90. The van der Waals surface area contributed by atoms with Crippen molar-refractivity contribution < 1.29 is 4.74 Å². The first-order valence-corrected chi connectivity index (χ1v) is 15.6. The molecular formula is C20H32OSi2. The monoisotopic (exact) mass is 344 g/mol. The van der Waals surface area contributed by atoms with Gasteiger partial charge in [0.25, 0.3) is 0 Å². The lowest BCUT2D eigenvalue weighted by molar-refractivity contribution is 0.391. The zero-order valence-electron chi connectivity index (χ0n) is 16.4. The van der Waals surface area contributed by atoms with Gasteiger partial charge >= 0.3 is 0 Å². The fourth-order valence-corrected chi connectivity index (χ4v) is 5.84. The first-order valence-electron chi connectivity index (χ1n) is 8.60. The normalized spacial score (nSPS) is 16.6. The van der Waals surface area contributed by atoms with E-state index in [0.717, 1.165) is 18.6 Å². The predicted molar refractivity (Wildman–Crippen MR) is 107 cm³/mol. The summed E-state index contributed by atoms with van der Waals surface area (Å²) in [5.74, 6) is 4.71. The van der Waals surface area contributed by atoms with E-state index in [0.29, 0.717) is 5.41 Å². The van der Waals surface area contributed by atoms with E-state index in [4.69, 9.17) is 4.74 Å². The van der Waals surface area contributed by atoms with Gasteiger partial charge in [-0.15, -0.1) is 5.54 Å². The molecule has 0 fully saturated rings. The molecule has 1 aliphatic rings. The van der Waals surface area contributed by atoms with E-state index >= 15 is 0 Å². The van der Waals surface area contributed by atoms with Crippen LogP contribution in [0.1, 0.15) is 30.5 Å². The van der Waals surface area contributed by atoms with Crippen LogP contribution in [0, 0.1) is 16.9 Å². The molecule has 0 aromatic heterocycles. The smallest absolute Gasteiger partial charge is 0.129 e. The highest BCUT2D eigenvalue weighted by Gasteiger charge is 2.35. The van der Waals surface area contributed by atoms with Crippen LogP contribution in [-0.2, 0) is 12.8 Å². The van der Waals surface area contributed by atoms with Crippen molar-refractivity contribution in [2.75, 3.05) is 7.11 Å². The van der Waals surface area contributed by atoms with Gasteiger partial charge in [0.05, 0.1) is 15.2 Å². The Morgan fingerprint density at radius 1 is 1.04 bits per heavy atom. The molecule has 0 spiro atoms. The van der Waals surface area contributed by atoms with Crippen molar-refractivity contribution in [1.82, 2.24) is 0 Å². The zero-order chi connectivity index (χ0) is 17.6. The number of hydrogen-bond acceptors (Lipinski definition) is 1. The summed E-state index contributed by atoms with van der Waals surface area (Å²) >= 11 is 0. The van der Waals surface area contributed by atoms with Crippen molar-refractivity contribution in [3.63, 3.8) is 0 Å². The van der Waals surface area contributed by atoms with Gasteiger partial charge in [-0.25, -0.2) is 0 Å². The lowest BCUT2D eigenvalue weighted by Gasteiger charge is -2.24. The van der Waals surface area contributed by atoms with Crippen LogP contribution in [0.15, 0.2) is 6.07 Å². The maximum Gasteiger partial charge on any atom is 0.129 e. The first kappa shape index (κ1) is 18.4. The highest BCUT2D eigenvalue weighted by atomic mass is 28.3. The Morgan fingerprint density at radius 2 is 1.65 bits per heavy atom. The summed E-state index contributed by atoms with van der Waals surface area (Å²) in [6.45, 7) is 18.9. The summed E-state index contributed by atoms with van der Waals surface area (Å²) in [6, 6.07) is 2.30. The van der Waals surface area contributed by atoms with Gasteiger partial charge < -0.3 is 4.74 Å². The fraction of sp³-hybridized carbons (Fsp3) is 0.600. The van der Waals surface area contributed by atoms with Gasteiger partial charge in [0.1, 0.15) is 13.8 Å². The number of fused-ring (bicyclic) bond motifs is 1. The van der Waals surface area contributed by atoms with Crippen molar-refractivity contribution >= 4 is 21.3 Å². The molecule has 0 saturated carbocycles. The summed E-state index contributed by atoms with van der Waals surface area (Å²) in [7, 11) is -1.14. The second kappa shape index (κ2) is 5.82.